The lowest BCUT2D eigenvalue weighted by Crippen LogP contribution is -2.27. The van der Waals surface area contributed by atoms with Crippen LogP contribution in [0, 0.1) is 0 Å². The van der Waals surface area contributed by atoms with E-state index in [-0.39, 0.29) is 5.91 Å². The van der Waals surface area contributed by atoms with E-state index in [4.69, 9.17) is 4.74 Å². The Kier molecular flexibility index (Phi) is 7.57. The molecule has 0 saturated carbocycles. The van der Waals surface area contributed by atoms with Gasteiger partial charge in [-0.3, -0.25) is 4.79 Å². The third kappa shape index (κ3) is 6.60. The lowest BCUT2D eigenvalue weighted by Gasteiger charge is -2.08. The van der Waals surface area contributed by atoms with Crippen LogP contribution < -0.4 is 15.4 Å². The molecular formula is C23H26N4O2. The van der Waals surface area contributed by atoms with Crippen LogP contribution in [-0.2, 0) is 12.8 Å². The van der Waals surface area contributed by atoms with Crippen LogP contribution in [0.1, 0.15) is 28.0 Å². The highest BCUT2D eigenvalue weighted by molar-refractivity contribution is 5.92. The molecule has 0 fully saturated rings. The van der Waals surface area contributed by atoms with Gasteiger partial charge in [-0.05, 0) is 48.6 Å². The molecule has 0 atom stereocenters. The van der Waals surface area contributed by atoms with Crippen molar-refractivity contribution in [3.63, 3.8) is 0 Å². The Balaban J connectivity index is 1.42. The average Bonchev–Trinajstić information content (AvgIpc) is 2.78. The molecule has 3 rings (SSSR count). The van der Waals surface area contributed by atoms with Gasteiger partial charge in [0.1, 0.15) is 11.4 Å². The first kappa shape index (κ1) is 20.3. The summed E-state index contributed by atoms with van der Waals surface area (Å²) in [6.07, 6.45) is 4.29. The van der Waals surface area contributed by atoms with Gasteiger partial charge < -0.3 is 15.4 Å². The van der Waals surface area contributed by atoms with E-state index >= 15 is 0 Å². The van der Waals surface area contributed by atoms with Gasteiger partial charge in [-0.2, -0.15) is 0 Å². The zero-order valence-electron chi connectivity index (χ0n) is 16.6. The van der Waals surface area contributed by atoms with Crippen LogP contribution in [0.4, 0.5) is 5.95 Å². The number of hydrogen-bond donors (Lipinski definition) is 2. The van der Waals surface area contributed by atoms with Gasteiger partial charge in [-0.15, -0.1) is 0 Å². The molecule has 0 aliphatic rings. The number of aromatic nitrogens is 2. The summed E-state index contributed by atoms with van der Waals surface area (Å²) in [5.74, 6) is 1.09. The number of carbonyl (C=O) groups excluding carboxylic acids is 1. The fourth-order valence-electron chi connectivity index (χ4n) is 2.91. The maximum absolute atomic E-state index is 12.4. The van der Waals surface area contributed by atoms with E-state index in [0.29, 0.717) is 18.2 Å². The standard InChI is InChI=1S/C23H26N4O2/c1-29-20-11-9-19(10-12-20)13-16-24-22(28)21-14-17-26-23(27-21)25-15-5-8-18-6-3-2-4-7-18/h2-4,6-7,9-12,14,17H,5,8,13,15-16H2,1H3,(H,24,28)(H,25,26,27). The maximum Gasteiger partial charge on any atom is 0.270 e. The van der Waals surface area contributed by atoms with Crippen molar-refractivity contribution >= 4 is 11.9 Å². The molecule has 3 aromatic rings. The van der Waals surface area contributed by atoms with Crippen molar-refractivity contribution in [1.29, 1.82) is 0 Å². The van der Waals surface area contributed by atoms with Crippen LogP contribution in [0.3, 0.4) is 0 Å². The Morgan fingerprint density at radius 3 is 2.45 bits per heavy atom. The number of ether oxygens (including phenoxy) is 1. The summed E-state index contributed by atoms with van der Waals surface area (Å²) in [5, 5.41) is 6.09. The Morgan fingerprint density at radius 2 is 1.69 bits per heavy atom. The highest BCUT2D eigenvalue weighted by Crippen LogP contribution is 2.11. The van der Waals surface area contributed by atoms with E-state index in [1.54, 1.807) is 19.4 Å². The quantitative estimate of drug-likeness (QED) is 0.518. The van der Waals surface area contributed by atoms with Crippen molar-refractivity contribution in [3.05, 3.63) is 83.7 Å². The second-order valence-corrected chi connectivity index (χ2v) is 6.64. The van der Waals surface area contributed by atoms with Crippen LogP contribution in [0.15, 0.2) is 66.9 Å². The molecule has 2 aromatic carbocycles. The van der Waals surface area contributed by atoms with Crippen molar-refractivity contribution in [2.75, 3.05) is 25.5 Å². The molecule has 6 heteroatoms. The first-order chi connectivity index (χ1) is 14.2. The van der Waals surface area contributed by atoms with Crippen molar-refractivity contribution in [2.24, 2.45) is 0 Å². The topological polar surface area (TPSA) is 76.1 Å². The minimum atomic E-state index is -0.201. The molecule has 0 bridgehead atoms. The Labute approximate surface area is 171 Å². The van der Waals surface area contributed by atoms with Crippen LogP contribution in [0.5, 0.6) is 5.75 Å². The first-order valence-electron chi connectivity index (χ1n) is 9.76. The Morgan fingerprint density at radius 1 is 0.931 bits per heavy atom. The van der Waals surface area contributed by atoms with E-state index in [1.807, 2.05) is 42.5 Å². The molecule has 0 unspecified atom stereocenters. The lowest BCUT2D eigenvalue weighted by molar-refractivity contribution is 0.0949. The molecular weight excluding hydrogens is 364 g/mol. The smallest absolute Gasteiger partial charge is 0.270 e. The summed E-state index contributed by atoms with van der Waals surface area (Å²) in [6.45, 7) is 1.28. The zero-order valence-corrected chi connectivity index (χ0v) is 16.6. The summed E-state index contributed by atoms with van der Waals surface area (Å²) >= 11 is 0. The number of nitrogens with one attached hydrogen (secondary N) is 2. The molecule has 0 aliphatic carbocycles. The largest absolute Gasteiger partial charge is 0.497 e. The highest BCUT2D eigenvalue weighted by Gasteiger charge is 2.08. The fourth-order valence-corrected chi connectivity index (χ4v) is 2.91. The van der Waals surface area contributed by atoms with Gasteiger partial charge in [0, 0.05) is 19.3 Å². The minimum Gasteiger partial charge on any atom is -0.497 e. The summed E-state index contributed by atoms with van der Waals surface area (Å²) in [5.41, 5.74) is 2.80. The SMILES string of the molecule is COc1ccc(CCNC(=O)c2ccnc(NCCCc3ccccc3)n2)cc1. The lowest BCUT2D eigenvalue weighted by atomic mass is 10.1. The van der Waals surface area contributed by atoms with Gasteiger partial charge >= 0.3 is 0 Å². The average molecular weight is 390 g/mol. The second-order valence-electron chi connectivity index (χ2n) is 6.64. The fraction of sp³-hybridized carbons (Fsp3) is 0.261. The number of carbonyl (C=O) groups is 1. The number of nitrogens with zero attached hydrogens (tertiary/aromatic N) is 2. The van der Waals surface area contributed by atoms with Crippen molar-refractivity contribution in [1.82, 2.24) is 15.3 Å². The summed E-state index contributed by atoms with van der Waals surface area (Å²) < 4.78 is 5.15. The van der Waals surface area contributed by atoms with Crippen molar-refractivity contribution in [3.8, 4) is 5.75 Å². The second kappa shape index (κ2) is 10.8. The molecule has 1 aromatic heterocycles. The third-order valence-corrected chi connectivity index (χ3v) is 4.51. The number of anilines is 1. The van der Waals surface area contributed by atoms with E-state index in [2.05, 4.69) is 32.7 Å². The molecule has 1 heterocycles. The predicted octanol–water partition coefficient (Wildman–Crippen LogP) is 3.50. The predicted molar refractivity (Wildman–Crippen MR) is 114 cm³/mol. The molecule has 2 N–H and O–H groups in total. The van der Waals surface area contributed by atoms with Crippen molar-refractivity contribution in [2.45, 2.75) is 19.3 Å². The third-order valence-electron chi connectivity index (χ3n) is 4.51. The van der Waals surface area contributed by atoms with E-state index < -0.39 is 0 Å². The van der Waals surface area contributed by atoms with Gasteiger partial charge in [-0.25, -0.2) is 9.97 Å². The monoisotopic (exact) mass is 390 g/mol. The van der Waals surface area contributed by atoms with E-state index in [1.165, 1.54) is 5.56 Å². The number of rotatable bonds is 10. The van der Waals surface area contributed by atoms with Crippen LogP contribution in [-0.4, -0.2) is 36.1 Å². The van der Waals surface area contributed by atoms with E-state index in [9.17, 15) is 4.79 Å². The molecule has 6 nitrogen and oxygen atoms in total. The molecule has 29 heavy (non-hydrogen) atoms. The Bertz CT molecular complexity index is 898. The van der Waals surface area contributed by atoms with Crippen LogP contribution >= 0.6 is 0 Å². The molecule has 0 spiro atoms. The van der Waals surface area contributed by atoms with Gasteiger partial charge in [0.15, 0.2) is 0 Å². The van der Waals surface area contributed by atoms with E-state index in [0.717, 1.165) is 37.1 Å². The molecule has 0 saturated heterocycles. The van der Waals surface area contributed by atoms with Crippen molar-refractivity contribution < 1.29 is 9.53 Å². The van der Waals surface area contributed by atoms with Gasteiger partial charge in [0.25, 0.3) is 5.91 Å². The van der Waals surface area contributed by atoms with Gasteiger partial charge in [0.2, 0.25) is 5.95 Å². The molecule has 1 amide bonds. The highest BCUT2D eigenvalue weighted by atomic mass is 16.5. The zero-order chi connectivity index (χ0) is 20.3. The molecule has 150 valence electrons. The summed E-state index contributed by atoms with van der Waals surface area (Å²) in [4.78, 5) is 20.9. The number of amides is 1. The van der Waals surface area contributed by atoms with Gasteiger partial charge in [0.05, 0.1) is 7.11 Å². The number of hydrogen-bond acceptors (Lipinski definition) is 5. The molecule has 0 aliphatic heterocycles. The number of aryl methyl sites for hydroxylation is 1. The van der Waals surface area contributed by atoms with Crippen LogP contribution in [0.25, 0.3) is 0 Å². The summed E-state index contributed by atoms with van der Waals surface area (Å²) in [7, 11) is 1.64. The maximum atomic E-state index is 12.4. The van der Waals surface area contributed by atoms with Crippen LogP contribution in [0.2, 0.25) is 0 Å². The summed E-state index contributed by atoms with van der Waals surface area (Å²) in [6, 6.07) is 19.8. The normalized spacial score (nSPS) is 10.4. The van der Waals surface area contributed by atoms with Gasteiger partial charge in [-0.1, -0.05) is 42.5 Å². The molecule has 0 radical (unpaired) electrons. The first-order valence-corrected chi connectivity index (χ1v) is 9.76. The minimum absolute atomic E-state index is 0.201. The Hall–Kier alpha value is -3.41. The number of benzene rings is 2. The number of methoxy groups -OCH3 is 1.